The molecule has 106 valence electrons. The molecule has 1 aromatic rings. The monoisotopic (exact) mass is 275 g/mol. The summed E-state index contributed by atoms with van der Waals surface area (Å²) in [5.41, 5.74) is 2.45. The molecule has 0 spiro atoms. The van der Waals surface area contributed by atoms with E-state index in [-0.39, 0.29) is 11.6 Å². The Morgan fingerprint density at radius 3 is 2.75 bits per heavy atom. The van der Waals surface area contributed by atoms with Gasteiger partial charge in [-0.05, 0) is 25.1 Å². The van der Waals surface area contributed by atoms with E-state index < -0.39 is 4.92 Å². The van der Waals surface area contributed by atoms with Crippen molar-refractivity contribution in [1.29, 1.82) is 0 Å². The highest BCUT2D eigenvalue weighted by Gasteiger charge is 2.16. The summed E-state index contributed by atoms with van der Waals surface area (Å²) in [6.45, 7) is 3.17. The third-order valence-corrected chi connectivity index (χ3v) is 3.28. The van der Waals surface area contributed by atoms with Crippen LogP contribution in [0.5, 0.6) is 0 Å². The van der Waals surface area contributed by atoms with E-state index in [2.05, 4.69) is 16.3 Å². The quantitative estimate of drug-likeness (QED) is 0.678. The normalized spacial score (nSPS) is 15.6. The number of nitrogens with zero attached hydrogens (tertiary/aromatic N) is 2. The Balaban J connectivity index is 2.41. The van der Waals surface area contributed by atoms with Crippen LogP contribution in [0.3, 0.4) is 0 Å². The van der Waals surface area contributed by atoms with E-state index in [9.17, 15) is 14.9 Å². The molecule has 1 aromatic carbocycles. The fourth-order valence-electron chi connectivity index (χ4n) is 2.23. The SMILES string of the molecule is CC(=O)Nc1cc([N+](=O)[O-])ccc1C1=CCN(C)CC1. The van der Waals surface area contributed by atoms with Crippen molar-refractivity contribution in [2.75, 3.05) is 25.5 Å². The van der Waals surface area contributed by atoms with Crippen LogP contribution >= 0.6 is 0 Å². The molecule has 6 heteroatoms. The van der Waals surface area contributed by atoms with Gasteiger partial charge in [0.15, 0.2) is 0 Å². The molecule has 0 unspecified atom stereocenters. The summed E-state index contributed by atoms with van der Waals surface area (Å²) in [5.74, 6) is -0.236. The maximum absolute atomic E-state index is 11.3. The highest BCUT2D eigenvalue weighted by Crippen LogP contribution is 2.31. The Morgan fingerprint density at radius 2 is 2.20 bits per heavy atom. The first-order valence-corrected chi connectivity index (χ1v) is 6.41. The summed E-state index contributed by atoms with van der Waals surface area (Å²) in [5, 5.41) is 13.5. The number of carbonyl (C=O) groups is 1. The first-order valence-electron chi connectivity index (χ1n) is 6.41. The van der Waals surface area contributed by atoms with Gasteiger partial charge in [0.1, 0.15) is 0 Å². The van der Waals surface area contributed by atoms with Gasteiger partial charge in [0.25, 0.3) is 5.69 Å². The van der Waals surface area contributed by atoms with Crippen LogP contribution in [0.2, 0.25) is 0 Å². The van der Waals surface area contributed by atoms with Crippen LogP contribution in [0.25, 0.3) is 5.57 Å². The van der Waals surface area contributed by atoms with E-state index in [1.165, 1.54) is 19.1 Å². The summed E-state index contributed by atoms with van der Waals surface area (Å²) in [6.07, 6.45) is 2.96. The fourth-order valence-corrected chi connectivity index (χ4v) is 2.23. The second kappa shape index (κ2) is 5.83. The Hall–Kier alpha value is -2.21. The van der Waals surface area contributed by atoms with Crippen LogP contribution < -0.4 is 5.32 Å². The highest BCUT2D eigenvalue weighted by molar-refractivity contribution is 5.93. The van der Waals surface area contributed by atoms with Crippen LogP contribution in [0, 0.1) is 10.1 Å². The number of nitro groups is 1. The van der Waals surface area contributed by atoms with Crippen LogP contribution in [0.4, 0.5) is 11.4 Å². The zero-order valence-corrected chi connectivity index (χ0v) is 11.5. The molecule has 0 aliphatic carbocycles. The van der Waals surface area contributed by atoms with Gasteiger partial charge in [-0.15, -0.1) is 0 Å². The number of likely N-dealkylation sites (N-methyl/N-ethyl adjacent to an activating group) is 1. The molecule has 0 bridgehead atoms. The minimum Gasteiger partial charge on any atom is -0.326 e. The van der Waals surface area contributed by atoms with Gasteiger partial charge in [-0.25, -0.2) is 0 Å². The molecule has 1 N–H and O–H groups in total. The van der Waals surface area contributed by atoms with E-state index >= 15 is 0 Å². The lowest BCUT2D eigenvalue weighted by atomic mass is 9.97. The molecule has 1 amide bonds. The average molecular weight is 275 g/mol. The first-order chi connectivity index (χ1) is 9.47. The number of benzene rings is 1. The van der Waals surface area contributed by atoms with Gasteiger partial charge < -0.3 is 10.2 Å². The second-order valence-electron chi connectivity index (χ2n) is 4.91. The number of non-ortho nitro benzene ring substituents is 1. The van der Waals surface area contributed by atoms with E-state index in [1.807, 2.05) is 7.05 Å². The summed E-state index contributed by atoms with van der Waals surface area (Å²) in [6, 6.07) is 4.59. The Kier molecular flexibility index (Phi) is 4.14. The molecule has 2 rings (SSSR count). The van der Waals surface area contributed by atoms with Crippen molar-refractivity contribution in [3.8, 4) is 0 Å². The Bertz CT molecular complexity index is 581. The predicted molar refractivity (Wildman–Crippen MR) is 77.5 cm³/mol. The van der Waals surface area contributed by atoms with Crippen LogP contribution in [-0.4, -0.2) is 35.9 Å². The van der Waals surface area contributed by atoms with E-state index in [4.69, 9.17) is 0 Å². The fraction of sp³-hybridized carbons (Fsp3) is 0.357. The van der Waals surface area contributed by atoms with Crippen LogP contribution in [0.1, 0.15) is 18.9 Å². The molecule has 0 saturated heterocycles. The lowest BCUT2D eigenvalue weighted by Gasteiger charge is -2.23. The van der Waals surface area contributed by atoms with Gasteiger partial charge in [0.05, 0.1) is 10.6 Å². The molecule has 0 atom stereocenters. The smallest absolute Gasteiger partial charge is 0.271 e. The first kappa shape index (κ1) is 14.2. The summed E-state index contributed by atoms with van der Waals surface area (Å²) < 4.78 is 0. The van der Waals surface area contributed by atoms with Crippen LogP contribution in [0.15, 0.2) is 24.3 Å². The number of nitrogens with one attached hydrogen (secondary N) is 1. The highest BCUT2D eigenvalue weighted by atomic mass is 16.6. The summed E-state index contributed by atoms with van der Waals surface area (Å²) in [7, 11) is 2.04. The third-order valence-electron chi connectivity index (χ3n) is 3.28. The Labute approximate surface area is 117 Å². The minimum absolute atomic E-state index is 0.0222. The van der Waals surface area contributed by atoms with Gasteiger partial charge in [0, 0.05) is 37.7 Å². The maximum Gasteiger partial charge on any atom is 0.271 e. The number of anilines is 1. The molecule has 0 aromatic heterocycles. The van der Waals surface area contributed by atoms with Gasteiger partial charge in [-0.3, -0.25) is 14.9 Å². The third kappa shape index (κ3) is 3.21. The number of hydrogen-bond donors (Lipinski definition) is 1. The number of amides is 1. The van der Waals surface area contributed by atoms with Gasteiger partial charge in [-0.2, -0.15) is 0 Å². The number of nitro benzene ring substituents is 1. The molecule has 0 radical (unpaired) electrons. The van der Waals surface area contributed by atoms with Crippen molar-refractivity contribution in [1.82, 2.24) is 4.90 Å². The zero-order chi connectivity index (χ0) is 14.7. The zero-order valence-electron chi connectivity index (χ0n) is 11.5. The summed E-state index contributed by atoms with van der Waals surface area (Å²) in [4.78, 5) is 23.8. The molecule has 1 aliphatic rings. The van der Waals surface area contributed by atoms with Gasteiger partial charge in [0.2, 0.25) is 5.91 Å². The van der Waals surface area contributed by atoms with Crippen molar-refractivity contribution in [2.45, 2.75) is 13.3 Å². The lowest BCUT2D eigenvalue weighted by molar-refractivity contribution is -0.384. The molecule has 1 aliphatic heterocycles. The van der Waals surface area contributed by atoms with E-state index in [1.54, 1.807) is 6.07 Å². The van der Waals surface area contributed by atoms with Crippen molar-refractivity contribution >= 4 is 22.9 Å². The predicted octanol–water partition coefficient (Wildman–Crippen LogP) is 2.27. The topological polar surface area (TPSA) is 75.5 Å². The number of carbonyl (C=O) groups excluding carboxylic acids is 1. The van der Waals surface area contributed by atoms with Crippen molar-refractivity contribution < 1.29 is 9.72 Å². The lowest BCUT2D eigenvalue weighted by Crippen LogP contribution is -2.24. The van der Waals surface area contributed by atoms with Crippen LogP contribution in [-0.2, 0) is 4.79 Å². The number of hydrogen-bond acceptors (Lipinski definition) is 4. The molecule has 1 heterocycles. The minimum atomic E-state index is -0.460. The van der Waals surface area contributed by atoms with Gasteiger partial charge >= 0.3 is 0 Å². The Morgan fingerprint density at radius 1 is 1.45 bits per heavy atom. The summed E-state index contributed by atoms with van der Waals surface area (Å²) >= 11 is 0. The molecule has 6 nitrogen and oxygen atoms in total. The van der Waals surface area contributed by atoms with E-state index in [0.29, 0.717) is 5.69 Å². The van der Waals surface area contributed by atoms with E-state index in [0.717, 1.165) is 30.6 Å². The molecule has 0 saturated carbocycles. The van der Waals surface area contributed by atoms with Crippen molar-refractivity contribution in [3.63, 3.8) is 0 Å². The standard InChI is InChI=1S/C14H17N3O3/c1-10(18)15-14-9-12(17(19)20)3-4-13(14)11-5-7-16(2)8-6-11/h3-5,9H,6-8H2,1-2H3,(H,15,18). The number of rotatable bonds is 3. The van der Waals surface area contributed by atoms with Crippen molar-refractivity contribution in [2.24, 2.45) is 0 Å². The largest absolute Gasteiger partial charge is 0.326 e. The second-order valence-corrected chi connectivity index (χ2v) is 4.91. The maximum atomic E-state index is 11.3. The molecule has 0 fully saturated rings. The average Bonchev–Trinajstić information content (AvgIpc) is 2.39. The van der Waals surface area contributed by atoms with Crippen molar-refractivity contribution in [3.05, 3.63) is 40.0 Å². The van der Waals surface area contributed by atoms with Gasteiger partial charge in [-0.1, -0.05) is 6.08 Å². The molecular weight excluding hydrogens is 258 g/mol. The molecule has 20 heavy (non-hydrogen) atoms. The molecular formula is C14H17N3O3.